The lowest BCUT2D eigenvalue weighted by Crippen LogP contribution is -2.37. The van der Waals surface area contributed by atoms with E-state index in [4.69, 9.17) is 18.9 Å². The van der Waals surface area contributed by atoms with Gasteiger partial charge in [-0.2, -0.15) is 0 Å². The molecule has 0 radical (unpaired) electrons. The molecule has 1 amide bonds. The Kier molecular flexibility index (Phi) is 9.00. The average molecular weight is 586 g/mol. The maximum atomic E-state index is 15.3. The van der Waals surface area contributed by atoms with Crippen LogP contribution in [0.25, 0.3) is 10.9 Å². The second kappa shape index (κ2) is 13.4. The van der Waals surface area contributed by atoms with Gasteiger partial charge < -0.3 is 23.8 Å². The van der Waals surface area contributed by atoms with E-state index in [1.165, 1.54) is 11.6 Å². The maximum absolute atomic E-state index is 15.3. The Bertz CT molecular complexity index is 1560. The van der Waals surface area contributed by atoms with E-state index < -0.39 is 5.82 Å². The quantitative estimate of drug-likeness (QED) is 0.204. The summed E-state index contributed by atoms with van der Waals surface area (Å²) in [7, 11) is 1.58. The largest absolute Gasteiger partial charge is 0.493 e. The van der Waals surface area contributed by atoms with Gasteiger partial charge in [0.05, 0.1) is 32.4 Å². The molecule has 0 aliphatic carbocycles. The van der Waals surface area contributed by atoms with Gasteiger partial charge >= 0.3 is 0 Å². The number of nitrogens with zero attached hydrogens (tertiary/aromatic N) is 3. The van der Waals surface area contributed by atoms with Crippen LogP contribution in [0.3, 0.4) is 0 Å². The van der Waals surface area contributed by atoms with E-state index in [0.29, 0.717) is 53.4 Å². The van der Waals surface area contributed by atoms with Crippen molar-refractivity contribution < 1.29 is 28.1 Å². The van der Waals surface area contributed by atoms with Crippen LogP contribution in [0.2, 0.25) is 0 Å². The Morgan fingerprint density at radius 2 is 1.81 bits per heavy atom. The van der Waals surface area contributed by atoms with Gasteiger partial charge in [0.1, 0.15) is 5.75 Å². The first-order valence-corrected chi connectivity index (χ1v) is 14.8. The number of methoxy groups -OCH3 is 1. The number of ether oxygens (including phenoxy) is 4. The van der Waals surface area contributed by atoms with E-state index in [2.05, 4.69) is 22.0 Å². The summed E-state index contributed by atoms with van der Waals surface area (Å²) in [5, 5.41) is 0.668. The molecule has 0 spiro atoms. The Morgan fingerprint density at radius 1 is 0.977 bits per heavy atom. The van der Waals surface area contributed by atoms with Gasteiger partial charge in [0, 0.05) is 62.0 Å². The van der Waals surface area contributed by atoms with Crippen molar-refractivity contribution in [3.63, 3.8) is 0 Å². The third-order valence-corrected chi connectivity index (χ3v) is 7.99. The number of benzene rings is 3. The smallest absolute Gasteiger partial charge is 0.227 e. The monoisotopic (exact) mass is 585 g/mol. The SMILES string of the molecule is COc1cc2c(Oc3ccc(N4CC(Cc5ccccc5)CC4=O)cc3F)ccnc2cc1OCCCN1CCOCC1. The molecule has 2 aliphatic heterocycles. The molecular formula is C34H36FN3O5. The molecule has 0 N–H and O–H groups in total. The summed E-state index contributed by atoms with van der Waals surface area (Å²) in [6.07, 6.45) is 3.75. The highest BCUT2D eigenvalue weighted by Gasteiger charge is 2.31. The first-order valence-electron chi connectivity index (χ1n) is 14.8. The Hall–Kier alpha value is -4.21. The number of carbonyl (C=O) groups excluding carboxylic acids is 1. The second-order valence-electron chi connectivity index (χ2n) is 11.0. The van der Waals surface area contributed by atoms with Crippen molar-refractivity contribution in [2.75, 3.05) is 58.0 Å². The van der Waals surface area contributed by atoms with Gasteiger partial charge in [-0.15, -0.1) is 0 Å². The van der Waals surface area contributed by atoms with Gasteiger partial charge in [0.25, 0.3) is 0 Å². The number of amides is 1. The third kappa shape index (κ3) is 6.89. The van der Waals surface area contributed by atoms with Crippen LogP contribution in [0.15, 0.2) is 72.9 Å². The molecule has 224 valence electrons. The number of carbonyl (C=O) groups is 1. The number of aromatic nitrogens is 1. The predicted molar refractivity (Wildman–Crippen MR) is 163 cm³/mol. The minimum absolute atomic E-state index is 0.000315. The molecule has 3 heterocycles. The molecule has 6 rings (SSSR count). The lowest BCUT2D eigenvalue weighted by molar-refractivity contribution is -0.117. The van der Waals surface area contributed by atoms with Crippen LogP contribution in [0, 0.1) is 11.7 Å². The molecule has 2 fully saturated rings. The Morgan fingerprint density at radius 3 is 2.60 bits per heavy atom. The molecule has 2 saturated heterocycles. The van der Waals surface area contributed by atoms with Crippen molar-refractivity contribution in [3.8, 4) is 23.0 Å². The highest BCUT2D eigenvalue weighted by atomic mass is 19.1. The lowest BCUT2D eigenvalue weighted by atomic mass is 9.99. The molecule has 0 saturated carbocycles. The fourth-order valence-corrected chi connectivity index (χ4v) is 5.76. The molecule has 0 bridgehead atoms. The second-order valence-corrected chi connectivity index (χ2v) is 11.0. The van der Waals surface area contributed by atoms with Crippen molar-refractivity contribution in [2.24, 2.45) is 5.92 Å². The molecule has 4 aromatic rings. The number of halogens is 1. The van der Waals surface area contributed by atoms with Gasteiger partial charge in [0.2, 0.25) is 5.91 Å². The maximum Gasteiger partial charge on any atom is 0.227 e. The fourth-order valence-electron chi connectivity index (χ4n) is 5.76. The van der Waals surface area contributed by atoms with Gasteiger partial charge in [-0.1, -0.05) is 30.3 Å². The van der Waals surface area contributed by atoms with E-state index >= 15 is 4.39 Å². The molecule has 8 nitrogen and oxygen atoms in total. The zero-order valence-corrected chi connectivity index (χ0v) is 24.3. The molecule has 9 heteroatoms. The topological polar surface area (TPSA) is 73.4 Å². The number of rotatable bonds is 11. The van der Waals surface area contributed by atoms with Gasteiger partial charge in [-0.05, 0) is 48.6 Å². The first-order chi connectivity index (χ1) is 21.1. The Labute approximate surface area is 250 Å². The first kappa shape index (κ1) is 28.9. The molecule has 43 heavy (non-hydrogen) atoms. The summed E-state index contributed by atoms with van der Waals surface area (Å²) in [5.41, 5.74) is 2.37. The third-order valence-electron chi connectivity index (χ3n) is 7.99. The predicted octanol–water partition coefficient (Wildman–Crippen LogP) is 5.87. The van der Waals surface area contributed by atoms with Crippen LogP contribution in [0.4, 0.5) is 10.1 Å². The van der Waals surface area contributed by atoms with E-state index in [-0.39, 0.29) is 17.6 Å². The summed E-state index contributed by atoms with van der Waals surface area (Å²) < 4.78 is 38.5. The summed E-state index contributed by atoms with van der Waals surface area (Å²) in [6, 6.07) is 20.1. The van der Waals surface area contributed by atoms with Crippen molar-refractivity contribution in [1.29, 1.82) is 0 Å². The van der Waals surface area contributed by atoms with Crippen molar-refractivity contribution in [3.05, 3.63) is 84.3 Å². The van der Waals surface area contributed by atoms with Crippen molar-refractivity contribution >= 4 is 22.5 Å². The summed E-state index contributed by atoms with van der Waals surface area (Å²) in [4.78, 5) is 21.3. The van der Waals surface area contributed by atoms with E-state index in [9.17, 15) is 4.79 Å². The molecule has 3 aromatic carbocycles. The minimum atomic E-state index is -0.547. The fraction of sp³-hybridized carbons (Fsp3) is 0.353. The van der Waals surface area contributed by atoms with E-state index in [0.717, 1.165) is 45.7 Å². The summed E-state index contributed by atoms with van der Waals surface area (Å²) in [6.45, 7) is 5.48. The normalized spacial score (nSPS) is 17.4. The van der Waals surface area contributed by atoms with Gasteiger partial charge in [-0.3, -0.25) is 14.7 Å². The van der Waals surface area contributed by atoms with Gasteiger partial charge in [-0.25, -0.2) is 4.39 Å². The number of anilines is 1. The van der Waals surface area contributed by atoms with Crippen LogP contribution in [-0.2, 0) is 16.0 Å². The lowest BCUT2D eigenvalue weighted by Gasteiger charge is -2.26. The number of hydrogen-bond acceptors (Lipinski definition) is 7. The van der Waals surface area contributed by atoms with Crippen LogP contribution < -0.4 is 19.1 Å². The molecule has 1 unspecified atom stereocenters. The molecule has 1 aromatic heterocycles. The standard InChI is InChI=1S/C34H36FN3O5/c1-40-32-21-27-29(22-33(32)42-15-5-12-37-13-16-41-17-14-37)36-11-10-30(27)43-31-9-8-26(20-28(31)35)38-23-25(19-34(38)39)18-24-6-3-2-4-7-24/h2-4,6-11,20-22,25H,5,12-19,23H2,1H3. The molecular weight excluding hydrogens is 549 g/mol. The zero-order valence-electron chi connectivity index (χ0n) is 24.3. The summed E-state index contributed by atoms with van der Waals surface area (Å²) >= 11 is 0. The van der Waals surface area contributed by atoms with Gasteiger partial charge in [0.15, 0.2) is 23.1 Å². The van der Waals surface area contributed by atoms with Crippen LogP contribution in [0.1, 0.15) is 18.4 Å². The zero-order chi connectivity index (χ0) is 29.6. The number of morpholine rings is 1. The number of fused-ring (bicyclic) bond motifs is 1. The average Bonchev–Trinajstić information content (AvgIpc) is 3.40. The Balaban J connectivity index is 1.13. The van der Waals surface area contributed by atoms with E-state index in [1.807, 2.05) is 24.3 Å². The highest BCUT2D eigenvalue weighted by Crippen LogP contribution is 2.38. The molecule has 1 atom stereocenters. The molecule has 2 aliphatic rings. The van der Waals surface area contributed by atoms with Crippen molar-refractivity contribution in [2.45, 2.75) is 19.3 Å². The number of pyridine rings is 1. The summed E-state index contributed by atoms with van der Waals surface area (Å²) in [5.74, 6) is 1.28. The van der Waals surface area contributed by atoms with E-state index in [1.54, 1.807) is 42.5 Å². The van der Waals surface area contributed by atoms with Crippen LogP contribution >= 0.6 is 0 Å². The van der Waals surface area contributed by atoms with Crippen molar-refractivity contribution in [1.82, 2.24) is 9.88 Å². The number of hydrogen-bond donors (Lipinski definition) is 0. The van der Waals surface area contributed by atoms with Crippen LogP contribution in [-0.4, -0.2) is 68.9 Å². The van der Waals surface area contributed by atoms with Crippen LogP contribution in [0.5, 0.6) is 23.0 Å². The minimum Gasteiger partial charge on any atom is -0.493 e. The highest BCUT2D eigenvalue weighted by molar-refractivity contribution is 5.96.